The van der Waals surface area contributed by atoms with Crippen LogP contribution in [0.25, 0.3) is 0 Å². The van der Waals surface area contributed by atoms with Crippen LogP contribution < -0.4 is 0 Å². The summed E-state index contributed by atoms with van der Waals surface area (Å²) in [6, 6.07) is 6.79. The zero-order valence-corrected chi connectivity index (χ0v) is 8.84. The summed E-state index contributed by atoms with van der Waals surface area (Å²) in [5.41, 5.74) is 1.00. The lowest BCUT2D eigenvalue weighted by atomic mass is 9.81. The largest absolute Gasteiger partial charge is 0.468 e. The summed E-state index contributed by atoms with van der Waals surface area (Å²) < 4.78 is 4.55. The second kappa shape index (κ2) is 4.06. The number of fused-ring (bicyclic) bond motifs is 1. The van der Waals surface area contributed by atoms with E-state index in [4.69, 9.17) is 0 Å². The molecule has 0 spiro atoms. The molecule has 2 rings (SSSR count). The SMILES string of the molecule is COC(=O)C1CC(O)c2ccccc2C1=O. The first kappa shape index (κ1) is 10.8. The molecule has 0 saturated heterocycles. The smallest absolute Gasteiger partial charge is 0.316 e. The molecule has 84 valence electrons. The molecule has 0 bridgehead atoms. The summed E-state index contributed by atoms with van der Waals surface area (Å²) in [4.78, 5) is 23.3. The molecule has 4 heteroatoms. The molecular formula is C12H12O4. The quantitative estimate of drug-likeness (QED) is 0.568. The molecule has 0 radical (unpaired) electrons. The Hall–Kier alpha value is -1.68. The van der Waals surface area contributed by atoms with Gasteiger partial charge in [0.2, 0.25) is 0 Å². The molecule has 0 aromatic heterocycles. The molecule has 0 fully saturated rings. The molecule has 0 amide bonds. The molecule has 0 aliphatic heterocycles. The van der Waals surface area contributed by atoms with Crippen molar-refractivity contribution in [3.8, 4) is 0 Å². The fraction of sp³-hybridized carbons (Fsp3) is 0.333. The van der Waals surface area contributed by atoms with Gasteiger partial charge in [0.1, 0.15) is 5.92 Å². The van der Waals surface area contributed by atoms with Crippen molar-refractivity contribution in [1.82, 2.24) is 0 Å². The van der Waals surface area contributed by atoms with E-state index in [9.17, 15) is 14.7 Å². The van der Waals surface area contributed by atoms with Crippen LogP contribution in [-0.2, 0) is 9.53 Å². The van der Waals surface area contributed by atoms with E-state index in [2.05, 4.69) is 4.74 Å². The fourth-order valence-corrected chi connectivity index (χ4v) is 2.00. The highest BCUT2D eigenvalue weighted by Crippen LogP contribution is 2.33. The van der Waals surface area contributed by atoms with Crippen LogP contribution in [0.3, 0.4) is 0 Å². The summed E-state index contributed by atoms with van der Waals surface area (Å²) in [6.07, 6.45) is -0.680. The lowest BCUT2D eigenvalue weighted by Crippen LogP contribution is -2.32. The number of Topliss-reactive ketones (excluding diaryl/α,β-unsaturated/α-hetero) is 1. The highest BCUT2D eigenvalue weighted by Gasteiger charge is 2.37. The number of hydrogen-bond acceptors (Lipinski definition) is 4. The predicted octanol–water partition coefficient (Wildman–Crippen LogP) is 1.10. The molecule has 2 unspecified atom stereocenters. The van der Waals surface area contributed by atoms with E-state index >= 15 is 0 Å². The van der Waals surface area contributed by atoms with Crippen LogP contribution in [0, 0.1) is 5.92 Å². The average molecular weight is 220 g/mol. The Bertz CT molecular complexity index is 438. The maximum Gasteiger partial charge on any atom is 0.316 e. The third-order valence-corrected chi connectivity index (χ3v) is 2.85. The number of hydrogen-bond donors (Lipinski definition) is 1. The minimum atomic E-state index is -0.880. The molecular weight excluding hydrogens is 208 g/mol. The van der Waals surface area contributed by atoms with Crippen LogP contribution in [0.5, 0.6) is 0 Å². The van der Waals surface area contributed by atoms with Gasteiger partial charge in [0, 0.05) is 5.56 Å². The second-order valence-corrected chi connectivity index (χ2v) is 3.78. The van der Waals surface area contributed by atoms with Crippen molar-refractivity contribution in [2.45, 2.75) is 12.5 Å². The number of ketones is 1. The highest BCUT2D eigenvalue weighted by molar-refractivity contribution is 6.10. The van der Waals surface area contributed by atoms with Crippen LogP contribution in [0.15, 0.2) is 24.3 Å². The number of carbonyl (C=O) groups excluding carboxylic acids is 2. The highest BCUT2D eigenvalue weighted by atomic mass is 16.5. The van der Waals surface area contributed by atoms with Gasteiger partial charge in [0.15, 0.2) is 5.78 Å². The minimum absolute atomic E-state index is 0.0997. The van der Waals surface area contributed by atoms with Crippen molar-refractivity contribution in [3.63, 3.8) is 0 Å². The van der Waals surface area contributed by atoms with Crippen molar-refractivity contribution >= 4 is 11.8 Å². The molecule has 1 aliphatic carbocycles. The van der Waals surface area contributed by atoms with Crippen LogP contribution >= 0.6 is 0 Å². The van der Waals surface area contributed by atoms with Gasteiger partial charge in [-0.1, -0.05) is 24.3 Å². The van der Waals surface area contributed by atoms with E-state index in [1.54, 1.807) is 24.3 Å². The van der Waals surface area contributed by atoms with E-state index in [1.807, 2.05) is 0 Å². The van der Waals surface area contributed by atoms with Gasteiger partial charge in [-0.2, -0.15) is 0 Å². The van der Waals surface area contributed by atoms with Crippen molar-refractivity contribution in [2.24, 2.45) is 5.92 Å². The number of aliphatic hydroxyl groups is 1. The van der Waals surface area contributed by atoms with Gasteiger partial charge in [0.05, 0.1) is 13.2 Å². The van der Waals surface area contributed by atoms with Crippen molar-refractivity contribution in [3.05, 3.63) is 35.4 Å². The third-order valence-electron chi connectivity index (χ3n) is 2.85. The third kappa shape index (κ3) is 1.61. The van der Waals surface area contributed by atoms with Crippen molar-refractivity contribution < 1.29 is 19.4 Å². The van der Waals surface area contributed by atoms with Gasteiger partial charge in [-0.25, -0.2) is 0 Å². The molecule has 1 aromatic carbocycles. The van der Waals surface area contributed by atoms with Crippen molar-refractivity contribution in [2.75, 3.05) is 7.11 Å². The molecule has 1 aromatic rings. The van der Waals surface area contributed by atoms with Gasteiger partial charge < -0.3 is 9.84 Å². The predicted molar refractivity (Wildman–Crippen MR) is 55.9 cm³/mol. The number of aliphatic hydroxyl groups excluding tert-OH is 1. The monoisotopic (exact) mass is 220 g/mol. The standard InChI is InChI=1S/C12H12O4/c1-16-12(15)9-6-10(13)7-4-2-3-5-8(7)11(9)14/h2-5,9-10,13H,6H2,1H3. The Kier molecular flexibility index (Phi) is 2.75. The zero-order chi connectivity index (χ0) is 11.7. The topological polar surface area (TPSA) is 63.6 Å². The van der Waals surface area contributed by atoms with Gasteiger partial charge in [0.25, 0.3) is 0 Å². The lowest BCUT2D eigenvalue weighted by molar-refractivity contribution is -0.144. The average Bonchev–Trinajstić information content (AvgIpc) is 2.33. The van der Waals surface area contributed by atoms with E-state index in [1.165, 1.54) is 7.11 Å². The summed E-state index contributed by atoms with van der Waals surface area (Å²) in [7, 11) is 1.24. The lowest BCUT2D eigenvalue weighted by Gasteiger charge is -2.25. The molecule has 0 saturated carbocycles. The number of esters is 1. The Labute approximate surface area is 92.8 Å². The molecule has 2 atom stereocenters. The van der Waals surface area contributed by atoms with E-state index in [-0.39, 0.29) is 12.2 Å². The van der Waals surface area contributed by atoms with Crippen LogP contribution in [0.4, 0.5) is 0 Å². The fourth-order valence-electron chi connectivity index (χ4n) is 2.00. The summed E-state index contributed by atoms with van der Waals surface area (Å²) in [5, 5.41) is 9.83. The second-order valence-electron chi connectivity index (χ2n) is 3.78. The zero-order valence-electron chi connectivity index (χ0n) is 8.84. The normalized spacial score (nSPS) is 23.8. The number of methoxy groups -OCH3 is 1. The Morgan fingerprint density at radius 3 is 2.81 bits per heavy atom. The minimum Gasteiger partial charge on any atom is -0.468 e. The number of benzene rings is 1. The first-order chi connectivity index (χ1) is 7.65. The number of ether oxygens (including phenoxy) is 1. The van der Waals surface area contributed by atoms with E-state index in [0.29, 0.717) is 11.1 Å². The Morgan fingerprint density at radius 2 is 2.12 bits per heavy atom. The Morgan fingerprint density at radius 1 is 1.44 bits per heavy atom. The maximum absolute atomic E-state index is 12.0. The van der Waals surface area contributed by atoms with E-state index in [0.717, 1.165) is 0 Å². The molecule has 1 N–H and O–H groups in total. The van der Waals surface area contributed by atoms with Crippen LogP contribution in [0.1, 0.15) is 28.4 Å². The number of rotatable bonds is 1. The first-order valence-corrected chi connectivity index (χ1v) is 5.04. The van der Waals surface area contributed by atoms with Gasteiger partial charge in [-0.05, 0) is 12.0 Å². The van der Waals surface area contributed by atoms with Crippen molar-refractivity contribution in [1.29, 1.82) is 0 Å². The maximum atomic E-state index is 12.0. The van der Waals surface area contributed by atoms with Crippen LogP contribution in [-0.4, -0.2) is 24.0 Å². The number of carbonyl (C=O) groups is 2. The molecule has 1 aliphatic rings. The first-order valence-electron chi connectivity index (χ1n) is 5.04. The molecule has 16 heavy (non-hydrogen) atoms. The van der Waals surface area contributed by atoms with Gasteiger partial charge >= 0.3 is 5.97 Å². The van der Waals surface area contributed by atoms with Gasteiger partial charge in [-0.3, -0.25) is 9.59 Å². The molecule has 4 nitrogen and oxygen atoms in total. The summed E-state index contributed by atoms with van der Waals surface area (Å²) in [6.45, 7) is 0. The molecule has 0 heterocycles. The van der Waals surface area contributed by atoms with E-state index < -0.39 is 18.0 Å². The summed E-state index contributed by atoms with van der Waals surface area (Å²) >= 11 is 0. The summed E-state index contributed by atoms with van der Waals surface area (Å²) in [5.74, 6) is -1.73. The Balaban J connectivity index is 2.42. The van der Waals surface area contributed by atoms with Crippen LogP contribution in [0.2, 0.25) is 0 Å². The van der Waals surface area contributed by atoms with Gasteiger partial charge in [-0.15, -0.1) is 0 Å².